The molecule has 0 aromatic carbocycles. The average molecular weight is 283 g/mol. The molecule has 3 rings (SSSR count). The van der Waals surface area contributed by atoms with Gasteiger partial charge in [0, 0.05) is 36.8 Å². The van der Waals surface area contributed by atoms with E-state index in [1.165, 1.54) is 0 Å². The molecule has 3 fully saturated rings. The molecule has 5 heteroatoms. The van der Waals surface area contributed by atoms with Gasteiger partial charge in [-0.15, -0.1) is 0 Å². The number of hydrogen-bond donors (Lipinski definition) is 1. The first-order valence-corrected chi connectivity index (χ1v) is 8.75. The van der Waals surface area contributed by atoms with Gasteiger partial charge >= 0.3 is 0 Å². The Hall–Kier alpha value is -0.260. The van der Waals surface area contributed by atoms with Crippen molar-refractivity contribution in [3.8, 4) is 0 Å². The number of piperidine rings is 1. The zero-order valence-electron chi connectivity index (χ0n) is 11.6. The van der Waals surface area contributed by atoms with Crippen LogP contribution in [0.1, 0.15) is 25.7 Å². The van der Waals surface area contributed by atoms with Crippen LogP contribution in [-0.4, -0.2) is 65.5 Å². The maximum atomic E-state index is 12.4. The molecule has 0 radical (unpaired) electrons. The molecule has 0 saturated carbocycles. The molecule has 3 aliphatic heterocycles. The second-order valence-corrected chi connectivity index (χ2v) is 7.31. The number of nitrogens with zero attached hydrogens (tertiary/aromatic N) is 2. The number of nitrogens with two attached hydrogens (primary N) is 1. The molecule has 1 amide bonds. The van der Waals surface area contributed by atoms with Crippen LogP contribution in [0.2, 0.25) is 0 Å². The molecule has 0 aromatic rings. The third-order valence-electron chi connectivity index (χ3n) is 4.84. The summed E-state index contributed by atoms with van der Waals surface area (Å²) in [5, 5.41) is 0. The van der Waals surface area contributed by atoms with Crippen LogP contribution in [0, 0.1) is 5.92 Å². The van der Waals surface area contributed by atoms with E-state index in [0.29, 0.717) is 23.9 Å². The molecule has 108 valence electrons. The lowest BCUT2D eigenvalue weighted by Crippen LogP contribution is -2.46. The quantitative estimate of drug-likeness (QED) is 0.813. The topological polar surface area (TPSA) is 49.6 Å². The lowest BCUT2D eigenvalue weighted by molar-refractivity contribution is -0.133. The van der Waals surface area contributed by atoms with Crippen LogP contribution in [0.25, 0.3) is 0 Å². The Morgan fingerprint density at radius 3 is 2.58 bits per heavy atom. The number of amides is 1. The zero-order valence-corrected chi connectivity index (χ0v) is 12.4. The van der Waals surface area contributed by atoms with E-state index < -0.39 is 0 Å². The van der Waals surface area contributed by atoms with E-state index in [9.17, 15) is 4.79 Å². The Kier molecular flexibility index (Phi) is 4.34. The smallest absolute Gasteiger partial charge is 0.226 e. The van der Waals surface area contributed by atoms with Crippen molar-refractivity contribution < 1.29 is 4.79 Å². The molecule has 2 unspecified atom stereocenters. The number of hydrogen-bond acceptors (Lipinski definition) is 4. The Bertz CT molecular complexity index is 325. The van der Waals surface area contributed by atoms with Crippen LogP contribution in [-0.2, 0) is 4.79 Å². The number of carbonyl (C=O) groups excluding carboxylic acids is 1. The normalized spacial score (nSPS) is 34.1. The van der Waals surface area contributed by atoms with Crippen molar-refractivity contribution in [2.45, 2.75) is 37.8 Å². The van der Waals surface area contributed by atoms with Gasteiger partial charge in [0.2, 0.25) is 5.91 Å². The lowest BCUT2D eigenvalue weighted by Gasteiger charge is -2.34. The minimum Gasteiger partial charge on any atom is -0.341 e. The molecule has 0 aliphatic carbocycles. The maximum Gasteiger partial charge on any atom is 0.226 e. The highest BCUT2D eigenvalue weighted by molar-refractivity contribution is 7.99. The molecular weight excluding hydrogens is 258 g/mol. The summed E-state index contributed by atoms with van der Waals surface area (Å²) in [5.41, 5.74) is 5.96. The third kappa shape index (κ3) is 3.09. The first-order valence-electron chi connectivity index (χ1n) is 7.60. The van der Waals surface area contributed by atoms with Crippen molar-refractivity contribution in [3.05, 3.63) is 0 Å². The van der Waals surface area contributed by atoms with Gasteiger partial charge in [-0.2, -0.15) is 11.8 Å². The van der Waals surface area contributed by atoms with Crippen molar-refractivity contribution in [2.75, 3.05) is 37.7 Å². The molecule has 0 bridgehead atoms. The number of rotatable bonds is 2. The summed E-state index contributed by atoms with van der Waals surface area (Å²) in [6, 6.07) is 0.983. The summed E-state index contributed by atoms with van der Waals surface area (Å²) in [6.07, 6.45) is 4.47. The molecule has 3 saturated heterocycles. The van der Waals surface area contributed by atoms with Gasteiger partial charge in [-0.05, 0) is 44.5 Å². The van der Waals surface area contributed by atoms with E-state index >= 15 is 0 Å². The zero-order chi connectivity index (χ0) is 13.2. The van der Waals surface area contributed by atoms with E-state index in [1.807, 2.05) is 11.8 Å². The summed E-state index contributed by atoms with van der Waals surface area (Å²) < 4.78 is 0. The largest absolute Gasteiger partial charge is 0.341 e. The lowest BCUT2D eigenvalue weighted by atomic mass is 10.0. The molecule has 2 atom stereocenters. The fourth-order valence-corrected chi connectivity index (χ4v) is 4.72. The van der Waals surface area contributed by atoms with Crippen molar-refractivity contribution in [1.29, 1.82) is 0 Å². The molecule has 3 heterocycles. The van der Waals surface area contributed by atoms with E-state index in [4.69, 9.17) is 5.73 Å². The van der Waals surface area contributed by atoms with Gasteiger partial charge in [0.1, 0.15) is 0 Å². The molecular formula is C14H25N3OS. The van der Waals surface area contributed by atoms with E-state index in [1.54, 1.807) is 0 Å². The highest BCUT2D eigenvalue weighted by Crippen LogP contribution is 2.27. The maximum absolute atomic E-state index is 12.4. The third-order valence-corrected chi connectivity index (χ3v) is 6.01. The highest BCUT2D eigenvalue weighted by Gasteiger charge is 2.35. The van der Waals surface area contributed by atoms with Gasteiger partial charge in [0.25, 0.3) is 0 Å². The van der Waals surface area contributed by atoms with Gasteiger partial charge < -0.3 is 10.6 Å². The van der Waals surface area contributed by atoms with Crippen LogP contribution < -0.4 is 5.73 Å². The SMILES string of the molecule is NC1CCN(C2CCN(C(=O)C3CCSC3)C2)CC1. The highest BCUT2D eigenvalue weighted by atomic mass is 32.2. The summed E-state index contributed by atoms with van der Waals surface area (Å²) in [4.78, 5) is 17.1. The van der Waals surface area contributed by atoms with Crippen LogP contribution in [0.15, 0.2) is 0 Å². The Labute approximate surface area is 120 Å². The molecule has 19 heavy (non-hydrogen) atoms. The predicted octanol–water partition coefficient (Wildman–Crippen LogP) is 0.763. The minimum atomic E-state index is 0.304. The number of likely N-dealkylation sites (tertiary alicyclic amines) is 2. The molecule has 2 N–H and O–H groups in total. The van der Waals surface area contributed by atoms with Gasteiger partial charge in [-0.1, -0.05) is 0 Å². The minimum absolute atomic E-state index is 0.304. The molecule has 4 nitrogen and oxygen atoms in total. The second kappa shape index (κ2) is 6.02. The molecule has 0 aromatic heterocycles. The summed E-state index contributed by atoms with van der Waals surface area (Å²) in [6.45, 7) is 4.16. The van der Waals surface area contributed by atoms with E-state index in [2.05, 4.69) is 9.80 Å². The molecule has 0 spiro atoms. The fourth-order valence-electron chi connectivity index (χ4n) is 3.51. The van der Waals surface area contributed by atoms with Crippen LogP contribution in [0.5, 0.6) is 0 Å². The summed E-state index contributed by atoms with van der Waals surface area (Å²) >= 11 is 1.93. The summed E-state index contributed by atoms with van der Waals surface area (Å²) in [5.74, 6) is 2.93. The van der Waals surface area contributed by atoms with Crippen LogP contribution in [0.4, 0.5) is 0 Å². The monoisotopic (exact) mass is 283 g/mol. The fraction of sp³-hybridized carbons (Fsp3) is 0.929. The van der Waals surface area contributed by atoms with Crippen LogP contribution >= 0.6 is 11.8 Å². The predicted molar refractivity (Wildman–Crippen MR) is 79.2 cm³/mol. The Balaban J connectivity index is 1.50. The summed E-state index contributed by atoms with van der Waals surface area (Å²) in [7, 11) is 0. The standard InChI is InChI=1S/C14H25N3OS/c15-12-1-5-16(6-2-12)13-3-7-17(9-13)14(18)11-4-8-19-10-11/h11-13H,1-10,15H2. The number of carbonyl (C=O) groups is 1. The van der Waals surface area contributed by atoms with E-state index in [-0.39, 0.29) is 0 Å². The average Bonchev–Trinajstić information content (AvgIpc) is 3.10. The first kappa shape index (κ1) is 13.7. The van der Waals surface area contributed by atoms with Crippen molar-refractivity contribution in [2.24, 2.45) is 11.7 Å². The van der Waals surface area contributed by atoms with Gasteiger partial charge in [-0.3, -0.25) is 9.69 Å². The van der Waals surface area contributed by atoms with Gasteiger partial charge in [0.15, 0.2) is 0 Å². The Morgan fingerprint density at radius 1 is 1.11 bits per heavy atom. The van der Waals surface area contributed by atoms with Crippen molar-refractivity contribution >= 4 is 17.7 Å². The second-order valence-electron chi connectivity index (χ2n) is 6.16. The Morgan fingerprint density at radius 2 is 1.89 bits per heavy atom. The van der Waals surface area contributed by atoms with Crippen LogP contribution in [0.3, 0.4) is 0 Å². The van der Waals surface area contributed by atoms with Crippen molar-refractivity contribution in [3.63, 3.8) is 0 Å². The van der Waals surface area contributed by atoms with Crippen molar-refractivity contribution in [1.82, 2.24) is 9.80 Å². The van der Waals surface area contributed by atoms with Gasteiger partial charge in [0.05, 0.1) is 0 Å². The van der Waals surface area contributed by atoms with E-state index in [0.717, 1.165) is 63.4 Å². The molecule has 3 aliphatic rings. The number of thioether (sulfide) groups is 1. The van der Waals surface area contributed by atoms with Gasteiger partial charge in [-0.25, -0.2) is 0 Å². The first-order chi connectivity index (χ1) is 9.24.